The van der Waals surface area contributed by atoms with Crippen molar-refractivity contribution in [2.24, 2.45) is 0 Å². The number of hydrogen-bond donors (Lipinski definition) is 1. The molecule has 0 saturated carbocycles. The number of halogens is 2. The average molecular weight is 546 g/mol. The van der Waals surface area contributed by atoms with Crippen molar-refractivity contribution >= 4 is 46.9 Å². The molecule has 2 heterocycles. The van der Waals surface area contributed by atoms with Gasteiger partial charge in [-0.15, -0.1) is 0 Å². The van der Waals surface area contributed by atoms with Crippen LogP contribution in [0.15, 0.2) is 65.6 Å². The summed E-state index contributed by atoms with van der Waals surface area (Å²) < 4.78 is 18.1. The fraction of sp³-hybridized carbons (Fsp3) is 0.240. The van der Waals surface area contributed by atoms with E-state index in [9.17, 15) is 19.2 Å². The molecule has 1 amide bonds. The molecule has 0 spiro atoms. The molecule has 1 aliphatic rings. The van der Waals surface area contributed by atoms with E-state index in [1.165, 1.54) is 43.5 Å². The van der Waals surface area contributed by atoms with Crippen LogP contribution in [0.2, 0.25) is 10.0 Å². The minimum atomic E-state index is -1.05. The summed E-state index contributed by atoms with van der Waals surface area (Å²) in [6.07, 6.45) is -1.14. The van der Waals surface area contributed by atoms with E-state index in [1.54, 1.807) is 24.3 Å². The molecular weight excluding hydrogens is 525 g/mol. The molecule has 0 bridgehead atoms. The predicted molar refractivity (Wildman–Crippen MR) is 134 cm³/mol. The highest BCUT2D eigenvalue weighted by Gasteiger charge is 2.40. The molecule has 0 aliphatic carbocycles. The molecule has 0 radical (unpaired) electrons. The van der Waals surface area contributed by atoms with Crippen LogP contribution in [-0.2, 0) is 19.0 Å². The fourth-order valence-electron chi connectivity index (χ4n) is 3.66. The van der Waals surface area contributed by atoms with Crippen molar-refractivity contribution in [2.75, 3.05) is 11.9 Å². The summed E-state index contributed by atoms with van der Waals surface area (Å²) in [5, 5.41) is 3.36. The lowest BCUT2D eigenvalue weighted by Gasteiger charge is -2.21. The van der Waals surface area contributed by atoms with Gasteiger partial charge in [-0.3, -0.25) is 9.36 Å². The molecule has 192 valence electrons. The molecule has 0 unspecified atom stereocenters. The fourth-order valence-corrected chi connectivity index (χ4v) is 3.91. The van der Waals surface area contributed by atoms with Gasteiger partial charge >= 0.3 is 17.6 Å². The standard InChI is InChI=1S/C25H21Cl2N3O7/c1-14(31)28-21-10-11-30(25(34)29-21)22-20(37-24(33)16-4-8-18(27)9-5-16)12-19(36-22)13-35-23(32)15-2-6-17(26)7-3-15/h2-11,19-20,22H,12-13H2,1H3,(H,28,29,31,34)/t19-,20+,22+/m0/s1. The van der Waals surface area contributed by atoms with Gasteiger partial charge in [0.05, 0.1) is 17.2 Å². The van der Waals surface area contributed by atoms with Crippen LogP contribution in [0.3, 0.4) is 0 Å². The van der Waals surface area contributed by atoms with E-state index in [4.69, 9.17) is 37.4 Å². The molecule has 1 fully saturated rings. The zero-order valence-electron chi connectivity index (χ0n) is 19.4. The molecule has 1 aromatic heterocycles. The monoisotopic (exact) mass is 545 g/mol. The molecule has 1 N–H and O–H groups in total. The summed E-state index contributed by atoms with van der Waals surface area (Å²) in [5.74, 6) is -1.56. The Morgan fingerprint density at radius 1 is 1.00 bits per heavy atom. The van der Waals surface area contributed by atoms with E-state index in [2.05, 4.69) is 10.3 Å². The zero-order valence-corrected chi connectivity index (χ0v) is 20.9. The van der Waals surface area contributed by atoms with Gasteiger partial charge < -0.3 is 19.5 Å². The number of esters is 2. The normalized spacial score (nSPS) is 18.7. The highest BCUT2D eigenvalue weighted by Crippen LogP contribution is 2.32. The lowest BCUT2D eigenvalue weighted by molar-refractivity contribution is -0.114. The molecule has 12 heteroatoms. The number of nitrogens with zero attached hydrogens (tertiary/aromatic N) is 2. The Bertz CT molecular complexity index is 1360. The van der Waals surface area contributed by atoms with Crippen molar-refractivity contribution in [1.29, 1.82) is 0 Å². The van der Waals surface area contributed by atoms with Gasteiger partial charge in [-0.05, 0) is 54.6 Å². The molecule has 10 nitrogen and oxygen atoms in total. The number of anilines is 1. The second kappa shape index (κ2) is 11.5. The van der Waals surface area contributed by atoms with E-state index < -0.39 is 36.1 Å². The van der Waals surface area contributed by atoms with Crippen molar-refractivity contribution in [3.8, 4) is 0 Å². The second-order valence-corrected chi connectivity index (χ2v) is 9.00. The maximum Gasteiger partial charge on any atom is 0.351 e. The van der Waals surface area contributed by atoms with Crippen molar-refractivity contribution in [3.63, 3.8) is 0 Å². The van der Waals surface area contributed by atoms with Crippen LogP contribution in [0.1, 0.15) is 40.3 Å². The number of amides is 1. The van der Waals surface area contributed by atoms with E-state index in [0.29, 0.717) is 15.6 Å². The van der Waals surface area contributed by atoms with Crippen molar-refractivity contribution < 1.29 is 28.6 Å². The summed E-state index contributed by atoms with van der Waals surface area (Å²) in [7, 11) is 0. The summed E-state index contributed by atoms with van der Waals surface area (Å²) in [4.78, 5) is 53.0. The topological polar surface area (TPSA) is 126 Å². The van der Waals surface area contributed by atoms with Gasteiger partial charge in [0.25, 0.3) is 0 Å². The molecule has 4 rings (SSSR count). The SMILES string of the molecule is CC(=O)Nc1ccn([C@@H]2O[C@H](COC(=O)c3ccc(Cl)cc3)C[C@H]2OC(=O)c2ccc(Cl)cc2)c(=O)n1. The Kier molecular flexibility index (Phi) is 8.22. The van der Waals surface area contributed by atoms with Crippen LogP contribution >= 0.6 is 23.2 Å². The number of carbonyl (C=O) groups is 3. The second-order valence-electron chi connectivity index (χ2n) is 8.12. The van der Waals surface area contributed by atoms with Crippen LogP contribution in [0.5, 0.6) is 0 Å². The van der Waals surface area contributed by atoms with Crippen molar-refractivity contribution in [3.05, 3.63) is 92.5 Å². The zero-order chi connectivity index (χ0) is 26.5. The van der Waals surface area contributed by atoms with Crippen LogP contribution in [-0.4, -0.2) is 46.2 Å². The van der Waals surface area contributed by atoms with Crippen LogP contribution in [0.25, 0.3) is 0 Å². The lowest BCUT2D eigenvalue weighted by atomic mass is 10.2. The predicted octanol–water partition coefficient (Wildman–Crippen LogP) is 3.88. The number of nitrogens with one attached hydrogen (secondary N) is 1. The van der Waals surface area contributed by atoms with E-state index in [-0.39, 0.29) is 30.3 Å². The maximum atomic E-state index is 12.8. The van der Waals surface area contributed by atoms with Gasteiger partial charge in [0.15, 0.2) is 6.23 Å². The minimum Gasteiger partial charge on any atom is -0.459 e. The molecule has 3 atom stereocenters. The Morgan fingerprint density at radius 3 is 2.16 bits per heavy atom. The maximum absolute atomic E-state index is 12.8. The molecule has 1 saturated heterocycles. The third-order valence-electron chi connectivity index (χ3n) is 5.37. The molecule has 1 aliphatic heterocycles. The van der Waals surface area contributed by atoms with E-state index >= 15 is 0 Å². The number of carbonyl (C=O) groups excluding carboxylic acids is 3. The van der Waals surface area contributed by atoms with E-state index in [0.717, 1.165) is 4.57 Å². The number of benzene rings is 2. The average Bonchev–Trinajstić information content (AvgIpc) is 3.25. The first-order valence-electron chi connectivity index (χ1n) is 11.1. The number of aromatic nitrogens is 2. The summed E-state index contributed by atoms with van der Waals surface area (Å²) in [5.41, 5.74) is -0.173. The summed E-state index contributed by atoms with van der Waals surface area (Å²) in [6, 6.07) is 13.7. The number of hydrogen-bond acceptors (Lipinski definition) is 8. The smallest absolute Gasteiger partial charge is 0.351 e. The van der Waals surface area contributed by atoms with Gasteiger partial charge in [0, 0.05) is 29.6 Å². The van der Waals surface area contributed by atoms with E-state index in [1.807, 2.05) is 0 Å². The quantitative estimate of drug-likeness (QED) is 0.443. The highest BCUT2D eigenvalue weighted by atomic mass is 35.5. The largest absolute Gasteiger partial charge is 0.459 e. The summed E-state index contributed by atoms with van der Waals surface area (Å²) in [6.45, 7) is 1.13. The Morgan fingerprint density at radius 2 is 1.59 bits per heavy atom. The Labute approximate surface area is 221 Å². The van der Waals surface area contributed by atoms with Crippen molar-refractivity contribution in [1.82, 2.24) is 9.55 Å². The van der Waals surface area contributed by atoms with Gasteiger partial charge in [-0.25, -0.2) is 14.4 Å². The van der Waals surface area contributed by atoms with Crippen molar-refractivity contribution in [2.45, 2.75) is 31.8 Å². The van der Waals surface area contributed by atoms with Gasteiger partial charge in [0.2, 0.25) is 5.91 Å². The number of rotatable bonds is 7. The van der Waals surface area contributed by atoms with Gasteiger partial charge in [0.1, 0.15) is 18.5 Å². The Balaban J connectivity index is 1.51. The van der Waals surface area contributed by atoms with Crippen LogP contribution < -0.4 is 11.0 Å². The highest BCUT2D eigenvalue weighted by molar-refractivity contribution is 6.31. The van der Waals surface area contributed by atoms with Crippen LogP contribution in [0, 0.1) is 0 Å². The molecule has 3 aromatic rings. The third kappa shape index (κ3) is 6.73. The first-order valence-corrected chi connectivity index (χ1v) is 11.9. The minimum absolute atomic E-state index is 0.0647. The van der Waals surface area contributed by atoms with Gasteiger partial charge in [-0.2, -0.15) is 4.98 Å². The summed E-state index contributed by atoms with van der Waals surface area (Å²) >= 11 is 11.7. The first-order chi connectivity index (χ1) is 17.7. The number of ether oxygens (including phenoxy) is 3. The molecular formula is C25H21Cl2N3O7. The van der Waals surface area contributed by atoms with Crippen LogP contribution in [0.4, 0.5) is 5.82 Å². The Hall–Kier alpha value is -3.73. The molecule has 2 aromatic carbocycles. The lowest BCUT2D eigenvalue weighted by Crippen LogP contribution is -2.34. The third-order valence-corrected chi connectivity index (χ3v) is 5.88. The van der Waals surface area contributed by atoms with Gasteiger partial charge in [-0.1, -0.05) is 23.2 Å². The molecule has 37 heavy (non-hydrogen) atoms. The first kappa shape index (κ1) is 26.3.